The molecule has 0 bridgehead atoms. The number of carbonyl (C=O) groups excluding carboxylic acids is 1. The number of rotatable bonds is 7. The van der Waals surface area contributed by atoms with Crippen LogP contribution in [0.3, 0.4) is 0 Å². The smallest absolute Gasteiger partial charge is 0.323 e. The highest BCUT2D eigenvalue weighted by Gasteiger charge is 2.06. The van der Waals surface area contributed by atoms with Crippen molar-refractivity contribution in [1.29, 1.82) is 0 Å². The van der Waals surface area contributed by atoms with E-state index < -0.39 is 11.8 Å². The third-order valence-corrected chi connectivity index (χ3v) is 4.70. The number of aromatic nitrogens is 2. The number of urea groups is 1. The molecule has 8 nitrogen and oxygen atoms in total. The molecule has 2 amide bonds. The number of nitrogens with zero attached hydrogens (tertiary/aromatic N) is 2. The van der Waals surface area contributed by atoms with Crippen molar-refractivity contribution in [2.45, 2.75) is 6.92 Å². The molecule has 0 saturated carbocycles. The van der Waals surface area contributed by atoms with Gasteiger partial charge < -0.3 is 26.0 Å². The molecule has 0 fully saturated rings. The molecular weight excluding hydrogens is 435 g/mol. The van der Waals surface area contributed by atoms with Gasteiger partial charge in [0.25, 0.3) is 0 Å². The standard InChI is InChI=1S/C25H23FN6O2/c1-16-14-23(28-18-10-12-22(34-2)13-11-18)32-24(27-16)29-19-6-8-20(9-7-19)30-25(33)31-21-5-3-4-17(26)15-21/h3-15H,1-2H3,(H2,30,31,33)(H2,27,28,29,32). The van der Waals surface area contributed by atoms with Gasteiger partial charge in [-0.05, 0) is 73.7 Å². The minimum absolute atomic E-state index is 0.367. The highest BCUT2D eigenvalue weighted by atomic mass is 19.1. The first-order valence-corrected chi connectivity index (χ1v) is 10.4. The number of nitrogens with one attached hydrogen (secondary N) is 4. The predicted molar refractivity (Wildman–Crippen MR) is 132 cm³/mol. The van der Waals surface area contributed by atoms with Crippen molar-refractivity contribution in [3.8, 4) is 5.75 Å². The Kier molecular flexibility index (Phi) is 6.83. The third-order valence-electron chi connectivity index (χ3n) is 4.70. The number of benzene rings is 3. The molecule has 4 aromatic rings. The summed E-state index contributed by atoms with van der Waals surface area (Å²) in [5, 5.41) is 11.7. The van der Waals surface area contributed by atoms with E-state index in [-0.39, 0.29) is 0 Å². The van der Waals surface area contributed by atoms with E-state index in [0.717, 1.165) is 22.8 Å². The minimum Gasteiger partial charge on any atom is -0.497 e. The van der Waals surface area contributed by atoms with Gasteiger partial charge in [-0.1, -0.05) is 6.07 Å². The molecule has 0 aliphatic rings. The highest BCUT2D eigenvalue weighted by Crippen LogP contribution is 2.22. The van der Waals surface area contributed by atoms with Crippen LogP contribution in [0.4, 0.5) is 43.7 Å². The van der Waals surface area contributed by atoms with E-state index in [4.69, 9.17) is 4.74 Å². The summed E-state index contributed by atoms with van der Waals surface area (Å²) in [6, 6.07) is 21.6. The van der Waals surface area contributed by atoms with Crippen molar-refractivity contribution >= 4 is 40.5 Å². The molecule has 0 radical (unpaired) electrons. The summed E-state index contributed by atoms with van der Waals surface area (Å²) in [5.74, 6) is 1.43. The molecule has 0 saturated heterocycles. The molecule has 0 unspecified atom stereocenters. The Balaban J connectivity index is 1.38. The molecule has 1 aromatic heterocycles. The van der Waals surface area contributed by atoms with Crippen LogP contribution in [0, 0.1) is 12.7 Å². The summed E-state index contributed by atoms with van der Waals surface area (Å²) >= 11 is 0. The fourth-order valence-corrected chi connectivity index (χ4v) is 3.14. The van der Waals surface area contributed by atoms with E-state index in [0.29, 0.717) is 23.1 Å². The monoisotopic (exact) mass is 458 g/mol. The number of anilines is 6. The van der Waals surface area contributed by atoms with Crippen LogP contribution in [0.5, 0.6) is 5.75 Å². The zero-order chi connectivity index (χ0) is 23.9. The van der Waals surface area contributed by atoms with Gasteiger partial charge in [-0.15, -0.1) is 0 Å². The van der Waals surface area contributed by atoms with Crippen molar-refractivity contribution in [2.75, 3.05) is 28.4 Å². The van der Waals surface area contributed by atoms with Crippen molar-refractivity contribution in [2.24, 2.45) is 0 Å². The van der Waals surface area contributed by atoms with Gasteiger partial charge in [0.05, 0.1) is 7.11 Å². The zero-order valence-corrected chi connectivity index (χ0v) is 18.6. The lowest BCUT2D eigenvalue weighted by Gasteiger charge is -2.11. The summed E-state index contributed by atoms with van der Waals surface area (Å²) in [4.78, 5) is 21.1. The van der Waals surface area contributed by atoms with Crippen LogP contribution >= 0.6 is 0 Å². The maximum atomic E-state index is 13.3. The third kappa shape index (κ3) is 6.19. The molecule has 0 atom stereocenters. The summed E-state index contributed by atoms with van der Waals surface area (Å²) in [6.45, 7) is 1.89. The second kappa shape index (κ2) is 10.3. The second-order valence-corrected chi connectivity index (χ2v) is 7.36. The summed E-state index contributed by atoms with van der Waals surface area (Å²) in [5.41, 5.74) is 3.35. The molecule has 4 rings (SSSR count). The van der Waals surface area contributed by atoms with Crippen molar-refractivity contribution < 1.29 is 13.9 Å². The van der Waals surface area contributed by atoms with E-state index in [1.165, 1.54) is 18.2 Å². The van der Waals surface area contributed by atoms with E-state index >= 15 is 0 Å². The molecule has 4 N–H and O–H groups in total. The normalized spacial score (nSPS) is 10.3. The topological polar surface area (TPSA) is 100 Å². The number of hydrogen-bond acceptors (Lipinski definition) is 6. The number of hydrogen-bond donors (Lipinski definition) is 4. The fourth-order valence-electron chi connectivity index (χ4n) is 3.14. The van der Waals surface area contributed by atoms with Gasteiger partial charge in [0.15, 0.2) is 0 Å². The lowest BCUT2D eigenvalue weighted by molar-refractivity contribution is 0.262. The van der Waals surface area contributed by atoms with E-state index in [1.54, 1.807) is 37.4 Å². The molecule has 0 spiro atoms. The van der Waals surface area contributed by atoms with Crippen LogP contribution in [-0.2, 0) is 0 Å². The number of amides is 2. The van der Waals surface area contributed by atoms with Gasteiger partial charge in [-0.25, -0.2) is 14.2 Å². The maximum absolute atomic E-state index is 13.3. The molecule has 0 aliphatic carbocycles. The SMILES string of the molecule is COc1ccc(Nc2cc(C)nc(Nc3ccc(NC(=O)Nc4cccc(F)c4)cc3)n2)cc1. The number of aryl methyl sites for hydroxylation is 1. The average Bonchev–Trinajstić information content (AvgIpc) is 2.80. The first kappa shape index (κ1) is 22.5. The van der Waals surface area contributed by atoms with Crippen LogP contribution in [0.15, 0.2) is 78.9 Å². The van der Waals surface area contributed by atoms with Crippen LogP contribution in [0.1, 0.15) is 5.69 Å². The van der Waals surface area contributed by atoms with Gasteiger partial charge in [0.1, 0.15) is 17.4 Å². The van der Waals surface area contributed by atoms with Crippen molar-refractivity contribution in [1.82, 2.24) is 9.97 Å². The first-order chi connectivity index (χ1) is 16.5. The van der Waals surface area contributed by atoms with Gasteiger partial charge >= 0.3 is 6.03 Å². The van der Waals surface area contributed by atoms with Gasteiger partial charge in [-0.2, -0.15) is 4.98 Å². The molecular formula is C25H23FN6O2. The maximum Gasteiger partial charge on any atom is 0.323 e. The summed E-state index contributed by atoms with van der Waals surface area (Å²) in [7, 11) is 1.62. The van der Waals surface area contributed by atoms with Crippen molar-refractivity contribution in [3.05, 3.63) is 90.4 Å². The van der Waals surface area contributed by atoms with Gasteiger partial charge in [0.2, 0.25) is 5.95 Å². The van der Waals surface area contributed by atoms with E-state index in [2.05, 4.69) is 31.2 Å². The second-order valence-electron chi connectivity index (χ2n) is 7.36. The fraction of sp³-hybridized carbons (Fsp3) is 0.0800. The highest BCUT2D eigenvalue weighted by molar-refractivity contribution is 5.99. The predicted octanol–water partition coefficient (Wildman–Crippen LogP) is 6.06. The minimum atomic E-state index is -0.470. The molecule has 1 heterocycles. The van der Waals surface area contributed by atoms with Crippen LogP contribution < -0.4 is 26.0 Å². The number of ether oxygens (including phenoxy) is 1. The molecule has 3 aromatic carbocycles. The lowest BCUT2D eigenvalue weighted by Crippen LogP contribution is -2.19. The van der Waals surface area contributed by atoms with Crippen LogP contribution in [-0.4, -0.2) is 23.1 Å². The summed E-state index contributed by atoms with van der Waals surface area (Å²) < 4.78 is 18.4. The van der Waals surface area contributed by atoms with E-state index in [9.17, 15) is 9.18 Å². The number of carbonyl (C=O) groups is 1. The van der Waals surface area contributed by atoms with Crippen LogP contribution in [0.25, 0.3) is 0 Å². The first-order valence-electron chi connectivity index (χ1n) is 10.4. The number of methoxy groups -OCH3 is 1. The quantitative estimate of drug-likeness (QED) is 0.268. The Morgan fingerprint density at radius 3 is 2.15 bits per heavy atom. The average molecular weight is 458 g/mol. The van der Waals surface area contributed by atoms with E-state index in [1.807, 2.05) is 37.3 Å². The van der Waals surface area contributed by atoms with Crippen molar-refractivity contribution in [3.63, 3.8) is 0 Å². The Labute approximate surface area is 196 Å². The Hall–Kier alpha value is -4.66. The largest absolute Gasteiger partial charge is 0.497 e. The zero-order valence-electron chi connectivity index (χ0n) is 18.6. The van der Waals surface area contributed by atoms with Crippen LogP contribution in [0.2, 0.25) is 0 Å². The Bertz CT molecular complexity index is 1280. The number of halogens is 1. The molecule has 34 heavy (non-hydrogen) atoms. The lowest BCUT2D eigenvalue weighted by atomic mass is 10.3. The molecule has 9 heteroatoms. The molecule has 172 valence electrons. The molecule has 0 aliphatic heterocycles. The van der Waals surface area contributed by atoms with Gasteiger partial charge in [-0.3, -0.25) is 0 Å². The van der Waals surface area contributed by atoms with Gasteiger partial charge in [0, 0.05) is 34.5 Å². The summed E-state index contributed by atoms with van der Waals surface area (Å²) in [6.07, 6.45) is 0. The Morgan fingerprint density at radius 1 is 0.794 bits per heavy atom. The Morgan fingerprint density at radius 2 is 1.44 bits per heavy atom.